The molecule has 0 unspecified atom stereocenters. The van der Waals surface area contributed by atoms with Crippen LogP contribution in [0.1, 0.15) is 26.7 Å². The Bertz CT molecular complexity index is 162. The van der Waals surface area contributed by atoms with Gasteiger partial charge in [0.15, 0.2) is 0 Å². The number of carbonyl (C=O) groups is 1. The van der Waals surface area contributed by atoms with Crippen LogP contribution >= 0.6 is 0 Å². The Balaban J connectivity index is 2.50. The second-order valence-electron chi connectivity index (χ2n) is 3.65. The van der Waals surface area contributed by atoms with E-state index in [0.717, 1.165) is 25.9 Å². The molecule has 70 valence electrons. The quantitative estimate of drug-likeness (QED) is 0.592. The Kier molecular flexibility index (Phi) is 3.09. The predicted octanol–water partition coefficient (Wildman–Crippen LogP) is -0.0870. The van der Waals surface area contributed by atoms with E-state index in [9.17, 15) is 4.79 Å². The van der Waals surface area contributed by atoms with Crippen LogP contribution in [0.15, 0.2) is 0 Å². The first-order valence-corrected chi connectivity index (χ1v) is 4.68. The van der Waals surface area contributed by atoms with Crippen LogP contribution in [0.4, 0.5) is 0 Å². The van der Waals surface area contributed by atoms with Crippen molar-refractivity contribution in [3.8, 4) is 0 Å². The van der Waals surface area contributed by atoms with Crippen LogP contribution < -0.4 is 5.32 Å². The van der Waals surface area contributed by atoms with E-state index >= 15 is 0 Å². The molecule has 0 bridgehead atoms. The summed E-state index contributed by atoms with van der Waals surface area (Å²) >= 11 is 0. The molecule has 3 nitrogen and oxygen atoms in total. The Labute approximate surface area is 73.5 Å². The first-order valence-electron chi connectivity index (χ1n) is 4.68. The van der Waals surface area contributed by atoms with Crippen molar-refractivity contribution in [1.29, 1.82) is 0 Å². The van der Waals surface area contributed by atoms with Gasteiger partial charge in [0.25, 0.3) is 0 Å². The van der Waals surface area contributed by atoms with Gasteiger partial charge in [-0.1, -0.05) is 0 Å². The van der Waals surface area contributed by atoms with Crippen LogP contribution in [0.25, 0.3) is 0 Å². The third kappa shape index (κ3) is 1.97. The molecule has 1 saturated heterocycles. The van der Waals surface area contributed by atoms with Gasteiger partial charge in [-0.2, -0.15) is 0 Å². The molecule has 1 rings (SSSR count). The molecule has 0 aromatic rings. The van der Waals surface area contributed by atoms with Crippen molar-refractivity contribution in [2.75, 3.05) is 19.7 Å². The van der Waals surface area contributed by atoms with Gasteiger partial charge in [0, 0.05) is 12.8 Å². The summed E-state index contributed by atoms with van der Waals surface area (Å²) in [5, 5.41) is 2.25. The van der Waals surface area contributed by atoms with E-state index < -0.39 is 0 Å². The first kappa shape index (κ1) is 9.52. The predicted molar refractivity (Wildman–Crippen MR) is 45.6 cm³/mol. The maximum atomic E-state index is 11.5. The molecule has 0 radical (unpaired) electrons. The molecule has 0 aromatic heterocycles. The van der Waals surface area contributed by atoms with Crippen molar-refractivity contribution in [2.45, 2.75) is 26.7 Å². The largest absolute Gasteiger partial charge is 0.466 e. The molecule has 1 heterocycles. The number of hydrogen-bond acceptors (Lipinski definition) is 2. The van der Waals surface area contributed by atoms with Gasteiger partial charge >= 0.3 is 5.97 Å². The number of nitrogens with two attached hydrogens (primary N) is 1. The minimum atomic E-state index is -0.204. The van der Waals surface area contributed by atoms with E-state index in [4.69, 9.17) is 4.74 Å². The second kappa shape index (κ2) is 3.90. The topological polar surface area (TPSA) is 42.9 Å². The fourth-order valence-corrected chi connectivity index (χ4v) is 1.62. The number of piperidine rings is 1. The second-order valence-corrected chi connectivity index (χ2v) is 3.65. The van der Waals surface area contributed by atoms with Gasteiger partial charge in [-0.3, -0.25) is 4.79 Å². The molecule has 0 spiro atoms. The zero-order valence-corrected chi connectivity index (χ0v) is 7.93. The normalized spacial score (nSPS) is 21.8. The Morgan fingerprint density at radius 1 is 1.50 bits per heavy atom. The summed E-state index contributed by atoms with van der Waals surface area (Å²) < 4.78 is 5.03. The zero-order chi connectivity index (χ0) is 9.03. The minimum Gasteiger partial charge on any atom is -0.466 e. The van der Waals surface area contributed by atoms with Crippen LogP contribution in [0, 0.1) is 5.41 Å². The summed E-state index contributed by atoms with van der Waals surface area (Å²) in [6, 6.07) is 0. The molecule has 2 N–H and O–H groups in total. The van der Waals surface area contributed by atoms with E-state index in [1.807, 2.05) is 13.8 Å². The number of carbonyl (C=O) groups excluding carboxylic acids is 1. The molecule has 0 aliphatic carbocycles. The van der Waals surface area contributed by atoms with Gasteiger partial charge in [-0.25, -0.2) is 0 Å². The average Bonchev–Trinajstić information content (AvgIpc) is 2.06. The highest BCUT2D eigenvalue weighted by molar-refractivity contribution is 5.76. The highest BCUT2D eigenvalue weighted by Crippen LogP contribution is 2.27. The van der Waals surface area contributed by atoms with Crippen LogP contribution in [0.3, 0.4) is 0 Å². The van der Waals surface area contributed by atoms with Crippen LogP contribution in [0.2, 0.25) is 0 Å². The molecule has 0 aromatic carbocycles. The molecule has 12 heavy (non-hydrogen) atoms. The minimum absolute atomic E-state index is 0.0156. The fraction of sp³-hybridized carbons (Fsp3) is 0.889. The number of rotatable bonds is 2. The summed E-state index contributed by atoms with van der Waals surface area (Å²) in [5.41, 5.74) is -0.204. The number of ether oxygens (including phenoxy) is 1. The molecular weight excluding hydrogens is 154 g/mol. The van der Waals surface area contributed by atoms with E-state index in [1.165, 1.54) is 0 Å². The van der Waals surface area contributed by atoms with Crippen molar-refractivity contribution >= 4 is 5.97 Å². The van der Waals surface area contributed by atoms with Gasteiger partial charge < -0.3 is 10.1 Å². The summed E-state index contributed by atoms with van der Waals surface area (Å²) in [6.07, 6.45) is 1.90. The first-order chi connectivity index (χ1) is 5.69. The smallest absolute Gasteiger partial charge is 0.312 e. The summed E-state index contributed by atoms with van der Waals surface area (Å²) in [6.45, 7) is 6.47. The fourth-order valence-electron chi connectivity index (χ4n) is 1.62. The lowest BCUT2D eigenvalue weighted by atomic mass is 9.81. The Morgan fingerprint density at radius 3 is 2.58 bits per heavy atom. The van der Waals surface area contributed by atoms with Crippen LogP contribution in [-0.4, -0.2) is 25.7 Å². The van der Waals surface area contributed by atoms with E-state index in [1.54, 1.807) is 0 Å². The third-order valence-electron chi connectivity index (χ3n) is 2.57. The lowest BCUT2D eigenvalue weighted by Crippen LogP contribution is -2.87. The van der Waals surface area contributed by atoms with E-state index in [-0.39, 0.29) is 11.4 Å². The van der Waals surface area contributed by atoms with Crippen molar-refractivity contribution in [3.63, 3.8) is 0 Å². The van der Waals surface area contributed by atoms with Crippen molar-refractivity contribution in [1.82, 2.24) is 0 Å². The van der Waals surface area contributed by atoms with Crippen LogP contribution in [-0.2, 0) is 9.53 Å². The molecule has 0 atom stereocenters. The molecule has 1 aliphatic heterocycles. The number of quaternary nitrogens is 1. The molecule has 0 saturated carbocycles. The van der Waals surface area contributed by atoms with E-state index in [0.29, 0.717) is 6.61 Å². The van der Waals surface area contributed by atoms with Crippen molar-refractivity contribution in [3.05, 3.63) is 0 Å². The summed E-state index contributed by atoms with van der Waals surface area (Å²) in [5.74, 6) is -0.0156. The van der Waals surface area contributed by atoms with Gasteiger partial charge in [0.2, 0.25) is 0 Å². The van der Waals surface area contributed by atoms with Gasteiger partial charge in [0.1, 0.15) is 0 Å². The van der Waals surface area contributed by atoms with Crippen molar-refractivity contribution < 1.29 is 14.8 Å². The highest BCUT2D eigenvalue weighted by atomic mass is 16.5. The standard InChI is InChI=1S/C9H17NO2/c1-3-12-8(11)9(2)4-6-10-7-5-9/h10H,3-7H2,1-2H3/p+1. The van der Waals surface area contributed by atoms with Crippen LogP contribution in [0.5, 0.6) is 0 Å². The number of hydrogen-bond donors (Lipinski definition) is 1. The third-order valence-corrected chi connectivity index (χ3v) is 2.57. The summed E-state index contributed by atoms with van der Waals surface area (Å²) in [4.78, 5) is 11.5. The lowest BCUT2D eigenvalue weighted by Gasteiger charge is -2.29. The number of esters is 1. The van der Waals surface area contributed by atoms with Gasteiger partial charge in [-0.05, 0) is 13.8 Å². The van der Waals surface area contributed by atoms with Crippen molar-refractivity contribution in [2.24, 2.45) is 5.41 Å². The zero-order valence-electron chi connectivity index (χ0n) is 7.93. The monoisotopic (exact) mass is 172 g/mol. The molecule has 3 heteroatoms. The van der Waals surface area contributed by atoms with E-state index in [2.05, 4.69) is 5.32 Å². The van der Waals surface area contributed by atoms with Gasteiger partial charge in [0.05, 0.1) is 25.1 Å². The maximum absolute atomic E-state index is 11.5. The SMILES string of the molecule is CCOC(=O)C1(C)CC[NH2+]CC1. The maximum Gasteiger partial charge on any atom is 0.312 e. The highest BCUT2D eigenvalue weighted by Gasteiger charge is 2.37. The lowest BCUT2D eigenvalue weighted by molar-refractivity contribution is -0.666. The molecule has 1 aliphatic rings. The Hall–Kier alpha value is -0.570. The molecule has 1 fully saturated rings. The average molecular weight is 172 g/mol. The molecule has 0 amide bonds. The summed E-state index contributed by atoms with van der Waals surface area (Å²) in [7, 11) is 0. The molecular formula is C9H18NO2+. The Morgan fingerprint density at radius 2 is 2.08 bits per heavy atom. The van der Waals surface area contributed by atoms with Gasteiger partial charge in [-0.15, -0.1) is 0 Å².